The second kappa shape index (κ2) is 9.76. The number of nitro groups is 1. The first kappa shape index (κ1) is 24.8. The molecule has 0 N–H and O–H groups in total. The van der Waals surface area contributed by atoms with Crippen molar-refractivity contribution in [1.29, 1.82) is 0 Å². The third-order valence-corrected chi connectivity index (χ3v) is 8.39. The van der Waals surface area contributed by atoms with Gasteiger partial charge in [0.2, 0.25) is 10.0 Å². The summed E-state index contributed by atoms with van der Waals surface area (Å²) in [4.78, 5) is 15.2. The van der Waals surface area contributed by atoms with E-state index in [1.54, 1.807) is 11.9 Å². The molecule has 2 aromatic carbocycles. The third kappa shape index (κ3) is 4.93. The summed E-state index contributed by atoms with van der Waals surface area (Å²) in [6.45, 7) is 6.23. The molecule has 11 heteroatoms. The topological polar surface area (TPSA) is 105 Å². The molecule has 3 aromatic rings. The number of piperazine rings is 1. The summed E-state index contributed by atoms with van der Waals surface area (Å²) in [6.07, 6.45) is 0. The van der Waals surface area contributed by atoms with Crippen LogP contribution in [0.5, 0.6) is 0 Å². The summed E-state index contributed by atoms with van der Waals surface area (Å²) >= 11 is 0. The van der Waals surface area contributed by atoms with Crippen molar-refractivity contribution in [2.45, 2.75) is 25.3 Å². The fraction of sp³-hybridized carbons (Fsp3) is 0.375. The predicted molar refractivity (Wildman–Crippen MR) is 134 cm³/mol. The van der Waals surface area contributed by atoms with Crippen molar-refractivity contribution in [3.63, 3.8) is 0 Å². The van der Waals surface area contributed by atoms with Crippen molar-refractivity contribution in [3.8, 4) is 5.69 Å². The second-order valence-corrected chi connectivity index (χ2v) is 10.8. The number of hydrogen-bond acceptors (Lipinski definition) is 7. The van der Waals surface area contributed by atoms with E-state index >= 15 is 0 Å². The maximum atomic E-state index is 13.1. The van der Waals surface area contributed by atoms with Gasteiger partial charge in [-0.1, -0.05) is 18.2 Å². The van der Waals surface area contributed by atoms with E-state index < -0.39 is 14.9 Å². The van der Waals surface area contributed by atoms with Crippen LogP contribution in [-0.2, 0) is 16.6 Å². The smallest absolute Gasteiger partial charge is 0.293 e. The number of sulfonamides is 1. The number of nitrogens with zero attached hydrogens (tertiary/aromatic N) is 6. The lowest BCUT2D eigenvalue weighted by Gasteiger charge is -2.31. The minimum atomic E-state index is -3.81. The Bertz CT molecular complexity index is 1330. The van der Waals surface area contributed by atoms with Crippen molar-refractivity contribution in [2.75, 3.05) is 45.2 Å². The molecule has 1 fully saturated rings. The monoisotopic (exact) mass is 498 g/mol. The Kier molecular flexibility index (Phi) is 6.93. The molecule has 1 aromatic heterocycles. The zero-order valence-electron chi connectivity index (χ0n) is 20.4. The number of benzene rings is 2. The SMILES string of the molecule is Cc1nn(-c2ccccc2)c(C)c1CN(C)c1ccc(S(=O)(=O)N2CCN(C)CC2)cc1[N+](=O)[O-]. The van der Waals surface area contributed by atoms with E-state index in [-0.39, 0.29) is 10.6 Å². The van der Waals surface area contributed by atoms with Crippen molar-refractivity contribution in [1.82, 2.24) is 19.0 Å². The normalized spacial score (nSPS) is 15.3. The molecule has 0 saturated carbocycles. The van der Waals surface area contributed by atoms with Gasteiger partial charge in [0.15, 0.2) is 0 Å². The molecule has 1 aliphatic heterocycles. The molecule has 0 aliphatic carbocycles. The van der Waals surface area contributed by atoms with E-state index in [1.807, 2.05) is 55.9 Å². The minimum absolute atomic E-state index is 0.0600. The molecule has 0 bridgehead atoms. The lowest BCUT2D eigenvalue weighted by Crippen LogP contribution is -2.47. The van der Waals surface area contributed by atoms with Gasteiger partial charge in [-0.05, 0) is 45.2 Å². The average Bonchev–Trinajstić information content (AvgIpc) is 3.12. The molecule has 35 heavy (non-hydrogen) atoms. The molecule has 0 unspecified atom stereocenters. The van der Waals surface area contributed by atoms with E-state index in [0.29, 0.717) is 38.4 Å². The van der Waals surface area contributed by atoms with Crippen LogP contribution in [0.2, 0.25) is 0 Å². The maximum Gasteiger partial charge on any atom is 0.293 e. The predicted octanol–water partition coefficient (Wildman–Crippen LogP) is 2.97. The summed E-state index contributed by atoms with van der Waals surface area (Å²) in [5.74, 6) is 0. The number of para-hydroxylation sites is 1. The standard InChI is InChI=1S/C24H30N6O4S/c1-18-22(19(2)29(25-18)20-8-6-5-7-9-20)17-27(4)23-11-10-21(16-24(23)30(31)32)35(33,34)28-14-12-26(3)13-15-28/h5-11,16H,12-15,17H2,1-4H3. The Hall–Kier alpha value is -3.28. The van der Waals surface area contributed by atoms with Crippen molar-refractivity contribution >= 4 is 21.4 Å². The Morgan fingerprint density at radius 2 is 1.71 bits per heavy atom. The number of hydrogen-bond donors (Lipinski definition) is 0. The van der Waals surface area contributed by atoms with Gasteiger partial charge in [0.25, 0.3) is 5.69 Å². The van der Waals surface area contributed by atoms with Gasteiger partial charge in [-0.15, -0.1) is 0 Å². The average molecular weight is 499 g/mol. The summed E-state index contributed by atoms with van der Waals surface area (Å²) < 4.78 is 29.5. The lowest BCUT2D eigenvalue weighted by molar-refractivity contribution is -0.384. The van der Waals surface area contributed by atoms with Gasteiger partial charge in [-0.3, -0.25) is 10.1 Å². The Morgan fingerprint density at radius 1 is 1.06 bits per heavy atom. The summed E-state index contributed by atoms with van der Waals surface area (Å²) in [6, 6.07) is 13.9. The lowest BCUT2D eigenvalue weighted by atomic mass is 10.1. The van der Waals surface area contributed by atoms with Gasteiger partial charge in [0.05, 0.1) is 21.2 Å². The van der Waals surface area contributed by atoms with Crippen LogP contribution < -0.4 is 4.90 Å². The summed E-state index contributed by atoms with van der Waals surface area (Å²) in [7, 11) is -0.117. The van der Waals surface area contributed by atoms with Crippen LogP contribution in [0.15, 0.2) is 53.4 Å². The molecule has 186 valence electrons. The van der Waals surface area contributed by atoms with E-state index in [2.05, 4.69) is 10.00 Å². The van der Waals surface area contributed by atoms with Gasteiger partial charge in [-0.25, -0.2) is 13.1 Å². The first-order chi connectivity index (χ1) is 16.6. The minimum Gasteiger partial charge on any atom is -0.365 e. The second-order valence-electron chi connectivity index (χ2n) is 8.87. The molecule has 1 saturated heterocycles. The van der Waals surface area contributed by atoms with E-state index in [4.69, 9.17) is 0 Å². The summed E-state index contributed by atoms with van der Waals surface area (Å²) in [5.41, 5.74) is 3.77. The molecule has 0 radical (unpaired) electrons. The quantitative estimate of drug-likeness (QED) is 0.364. The molecule has 2 heterocycles. The first-order valence-corrected chi connectivity index (χ1v) is 12.8. The number of rotatable bonds is 7. The molecule has 0 amide bonds. The van der Waals surface area contributed by atoms with Crippen LogP contribution >= 0.6 is 0 Å². The van der Waals surface area contributed by atoms with Crippen LogP contribution in [0, 0.1) is 24.0 Å². The zero-order valence-corrected chi connectivity index (χ0v) is 21.2. The Morgan fingerprint density at radius 3 is 2.34 bits per heavy atom. The number of aryl methyl sites for hydroxylation is 1. The fourth-order valence-corrected chi connectivity index (χ4v) is 5.80. The number of nitro benzene ring substituents is 1. The van der Waals surface area contributed by atoms with Gasteiger partial charge >= 0.3 is 0 Å². The first-order valence-electron chi connectivity index (χ1n) is 11.4. The van der Waals surface area contributed by atoms with Crippen LogP contribution in [0.1, 0.15) is 17.0 Å². The van der Waals surface area contributed by atoms with Gasteiger partial charge in [0, 0.05) is 57.1 Å². The highest BCUT2D eigenvalue weighted by Crippen LogP contribution is 2.33. The molecule has 0 atom stereocenters. The van der Waals surface area contributed by atoms with Crippen LogP contribution in [0.25, 0.3) is 5.69 Å². The molecular weight excluding hydrogens is 468 g/mol. The van der Waals surface area contributed by atoms with Crippen molar-refractivity contribution in [2.24, 2.45) is 0 Å². The summed E-state index contributed by atoms with van der Waals surface area (Å²) in [5, 5.41) is 16.6. The molecule has 4 rings (SSSR count). The highest BCUT2D eigenvalue weighted by Gasteiger charge is 2.30. The van der Waals surface area contributed by atoms with Crippen LogP contribution in [0.3, 0.4) is 0 Å². The van der Waals surface area contributed by atoms with Gasteiger partial charge in [-0.2, -0.15) is 9.40 Å². The van der Waals surface area contributed by atoms with Crippen molar-refractivity contribution in [3.05, 3.63) is 75.6 Å². The van der Waals surface area contributed by atoms with Crippen LogP contribution in [-0.4, -0.2) is 72.6 Å². The number of anilines is 1. The highest BCUT2D eigenvalue weighted by molar-refractivity contribution is 7.89. The van der Waals surface area contributed by atoms with Gasteiger partial charge in [0.1, 0.15) is 5.69 Å². The molecule has 1 aliphatic rings. The third-order valence-electron chi connectivity index (χ3n) is 6.49. The number of likely N-dealkylation sites (N-methyl/N-ethyl adjacent to an activating group) is 1. The van der Waals surface area contributed by atoms with Crippen LogP contribution in [0.4, 0.5) is 11.4 Å². The maximum absolute atomic E-state index is 13.1. The molecule has 10 nitrogen and oxygen atoms in total. The molecular formula is C24H30N6O4S. The van der Waals surface area contributed by atoms with E-state index in [9.17, 15) is 18.5 Å². The zero-order chi connectivity index (χ0) is 25.3. The number of aromatic nitrogens is 2. The highest BCUT2D eigenvalue weighted by atomic mass is 32.2. The Balaban J connectivity index is 1.63. The fourth-order valence-electron chi connectivity index (χ4n) is 4.36. The van der Waals surface area contributed by atoms with E-state index in [1.165, 1.54) is 22.5 Å². The Labute approximate surface area is 205 Å². The van der Waals surface area contributed by atoms with Crippen molar-refractivity contribution < 1.29 is 13.3 Å². The van der Waals surface area contributed by atoms with Gasteiger partial charge < -0.3 is 9.80 Å². The largest absolute Gasteiger partial charge is 0.365 e. The van der Waals surface area contributed by atoms with E-state index in [0.717, 1.165) is 22.6 Å². The molecule has 0 spiro atoms.